The first kappa shape index (κ1) is 19.9. The number of hydrogen-bond acceptors (Lipinski definition) is 5. The van der Waals surface area contributed by atoms with E-state index in [-0.39, 0.29) is 29.8 Å². The van der Waals surface area contributed by atoms with Crippen molar-refractivity contribution in [2.45, 2.75) is 45.7 Å². The summed E-state index contributed by atoms with van der Waals surface area (Å²) in [5.74, 6) is 0.173. The third kappa shape index (κ3) is 5.75. The molecule has 0 aliphatic carbocycles. The Labute approximate surface area is 144 Å². The zero-order valence-electron chi connectivity index (χ0n) is 14.3. The summed E-state index contributed by atoms with van der Waals surface area (Å²) in [6, 6.07) is 0. The SMILES string of the molecule is CC(C)(C)n1cc(CN2CCCC(C(=O)NCCN)C2)nn1.Cl. The highest BCUT2D eigenvalue weighted by Gasteiger charge is 2.26. The maximum absolute atomic E-state index is 12.1. The number of nitrogens with two attached hydrogens (primary N) is 1. The average molecular weight is 345 g/mol. The van der Waals surface area contributed by atoms with E-state index in [0.717, 1.165) is 38.2 Å². The molecule has 1 amide bonds. The molecule has 0 aromatic carbocycles. The Morgan fingerprint density at radius 3 is 2.83 bits per heavy atom. The standard InChI is InChI=1S/C15H28N6O.ClH/c1-15(2,3)21-11-13(18-19-21)10-20-8-4-5-12(9-20)14(22)17-7-6-16;/h11-12H,4-10,16H2,1-3H3,(H,17,22);1H. The molecule has 1 aromatic rings. The van der Waals surface area contributed by atoms with Crippen LogP contribution < -0.4 is 11.1 Å². The van der Waals surface area contributed by atoms with Crippen LogP contribution in [0.2, 0.25) is 0 Å². The molecule has 7 nitrogen and oxygen atoms in total. The molecule has 1 fully saturated rings. The molecule has 1 unspecified atom stereocenters. The largest absolute Gasteiger partial charge is 0.355 e. The summed E-state index contributed by atoms with van der Waals surface area (Å²) in [5.41, 5.74) is 6.33. The van der Waals surface area contributed by atoms with Crippen LogP contribution in [0.3, 0.4) is 0 Å². The van der Waals surface area contributed by atoms with Crippen molar-refractivity contribution in [3.8, 4) is 0 Å². The summed E-state index contributed by atoms with van der Waals surface area (Å²) < 4.78 is 1.89. The fourth-order valence-corrected chi connectivity index (χ4v) is 2.68. The highest BCUT2D eigenvalue weighted by molar-refractivity contribution is 5.85. The van der Waals surface area contributed by atoms with Crippen LogP contribution in [0.1, 0.15) is 39.3 Å². The summed E-state index contributed by atoms with van der Waals surface area (Å²) in [6.07, 6.45) is 3.98. The molecule has 0 bridgehead atoms. The fraction of sp³-hybridized carbons (Fsp3) is 0.800. The van der Waals surface area contributed by atoms with Crippen molar-refractivity contribution in [1.82, 2.24) is 25.2 Å². The van der Waals surface area contributed by atoms with Crippen LogP contribution in [0.4, 0.5) is 0 Å². The summed E-state index contributed by atoms with van der Waals surface area (Å²) >= 11 is 0. The lowest BCUT2D eigenvalue weighted by Crippen LogP contribution is -2.43. The number of carbonyl (C=O) groups is 1. The van der Waals surface area contributed by atoms with Gasteiger partial charge in [0.2, 0.25) is 5.91 Å². The molecule has 8 heteroatoms. The van der Waals surface area contributed by atoms with Crippen molar-refractivity contribution in [3.05, 3.63) is 11.9 Å². The highest BCUT2D eigenvalue weighted by atomic mass is 35.5. The molecule has 2 rings (SSSR count). The first-order chi connectivity index (χ1) is 10.4. The smallest absolute Gasteiger partial charge is 0.224 e. The van der Waals surface area contributed by atoms with E-state index in [1.165, 1.54) is 0 Å². The summed E-state index contributed by atoms with van der Waals surface area (Å²) in [4.78, 5) is 14.4. The van der Waals surface area contributed by atoms with Crippen molar-refractivity contribution in [2.75, 3.05) is 26.2 Å². The molecule has 1 saturated heterocycles. The molecule has 1 aliphatic rings. The van der Waals surface area contributed by atoms with Gasteiger partial charge in [0.15, 0.2) is 0 Å². The van der Waals surface area contributed by atoms with E-state index >= 15 is 0 Å². The minimum Gasteiger partial charge on any atom is -0.355 e. The molecule has 132 valence electrons. The molecule has 23 heavy (non-hydrogen) atoms. The predicted molar refractivity (Wildman–Crippen MR) is 92.3 cm³/mol. The second-order valence-corrected chi connectivity index (χ2v) is 6.98. The molecule has 0 saturated carbocycles. The average Bonchev–Trinajstić information content (AvgIpc) is 2.93. The van der Waals surface area contributed by atoms with Crippen LogP contribution in [0.15, 0.2) is 6.20 Å². The third-order valence-corrected chi connectivity index (χ3v) is 3.93. The van der Waals surface area contributed by atoms with Crippen LogP contribution in [0.5, 0.6) is 0 Å². The van der Waals surface area contributed by atoms with E-state index in [1.54, 1.807) is 0 Å². The Bertz CT molecular complexity index is 498. The van der Waals surface area contributed by atoms with Crippen molar-refractivity contribution in [1.29, 1.82) is 0 Å². The molecule has 0 radical (unpaired) electrons. The molecular formula is C15H29ClN6O. The Kier molecular flexibility index (Phi) is 7.44. The zero-order chi connectivity index (χ0) is 16.2. The van der Waals surface area contributed by atoms with Gasteiger partial charge in [-0.05, 0) is 40.2 Å². The summed E-state index contributed by atoms with van der Waals surface area (Å²) in [7, 11) is 0. The number of rotatable bonds is 5. The number of piperidine rings is 1. The van der Waals surface area contributed by atoms with Gasteiger partial charge in [0.1, 0.15) is 0 Å². The topological polar surface area (TPSA) is 89.1 Å². The second kappa shape index (κ2) is 8.61. The van der Waals surface area contributed by atoms with Crippen molar-refractivity contribution in [2.24, 2.45) is 11.7 Å². The minimum absolute atomic E-state index is 0. The zero-order valence-corrected chi connectivity index (χ0v) is 15.1. The fourth-order valence-electron chi connectivity index (χ4n) is 2.68. The predicted octanol–water partition coefficient (Wildman–Crippen LogP) is 0.742. The van der Waals surface area contributed by atoms with Crippen LogP contribution in [-0.4, -0.2) is 52.0 Å². The number of nitrogens with one attached hydrogen (secondary N) is 1. The lowest BCUT2D eigenvalue weighted by Gasteiger charge is -2.31. The first-order valence-electron chi connectivity index (χ1n) is 8.02. The van der Waals surface area contributed by atoms with E-state index in [1.807, 2.05) is 10.9 Å². The molecule has 1 aromatic heterocycles. The van der Waals surface area contributed by atoms with E-state index < -0.39 is 0 Å². The van der Waals surface area contributed by atoms with Crippen molar-refractivity contribution < 1.29 is 4.79 Å². The minimum atomic E-state index is -0.0577. The van der Waals surface area contributed by atoms with Crippen LogP contribution in [0.25, 0.3) is 0 Å². The van der Waals surface area contributed by atoms with Crippen LogP contribution >= 0.6 is 12.4 Å². The van der Waals surface area contributed by atoms with Gasteiger partial charge in [-0.3, -0.25) is 9.69 Å². The molecule has 1 atom stereocenters. The van der Waals surface area contributed by atoms with Gasteiger partial charge in [0, 0.05) is 26.2 Å². The lowest BCUT2D eigenvalue weighted by molar-refractivity contribution is -0.126. The summed E-state index contributed by atoms with van der Waals surface area (Å²) in [6.45, 7) is 9.87. The van der Waals surface area contributed by atoms with Crippen molar-refractivity contribution in [3.63, 3.8) is 0 Å². The third-order valence-electron chi connectivity index (χ3n) is 3.93. The van der Waals surface area contributed by atoms with Crippen LogP contribution in [-0.2, 0) is 16.9 Å². The molecule has 1 aliphatic heterocycles. The van der Waals surface area contributed by atoms with Gasteiger partial charge in [-0.15, -0.1) is 17.5 Å². The number of carbonyl (C=O) groups excluding carboxylic acids is 1. The lowest BCUT2D eigenvalue weighted by atomic mass is 9.97. The number of hydrogen-bond donors (Lipinski definition) is 2. The molecule has 0 spiro atoms. The van der Waals surface area contributed by atoms with Gasteiger partial charge in [-0.25, -0.2) is 4.68 Å². The number of amides is 1. The Morgan fingerprint density at radius 2 is 2.22 bits per heavy atom. The highest BCUT2D eigenvalue weighted by Crippen LogP contribution is 2.19. The number of likely N-dealkylation sites (tertiary alicyclic amines) is 1. The number of nitrogens with zero attached hydrogens (tertiary/aromatic N) is 4. The van der Waals surface area contributed by atoms with Gasteiger partial charge in [-0.1, -0.05) is 5.21 Å². The molecule has 3 N–H and O–H groups in total. The van der Waals surface area contributed by atoms with Gasteiger partial charge < -0.3 is 11.1 Å². The van der Waals surface area contributed by atoms with Gasteiger partial charge in [0.05, 0.1) is 23.3 Å². The van der Waals surface area contributed by atoms with E-state index in [2.05, 4.69) is 41.3 Å². The van der Waals surface area contributed by atoms with Crippen LogP contribution in [0, 0.1) is 5.92 Å². The Hall–Kier alpha value is -1.18. The number of halogens is 1. The Balaban J connectivity index is 0.00000264. The second-order valence-electron chi connectivity index (χ2n) is 6.98. The van der Waals surface area contributed by atoms with E-state index in [0.29, 0.717) is 13.1 Å². The quantitative estimate of drug-likeness (QED) is 0.822. The van der Waals surface area contributed by atoms with Crippen molar-refractivity contribution >= 4 is 18.3 Å². The summed E-state index contributed by atoms with van der Waals surface area (Å²) in [5, 5.41) is 11.3. The van der Waals surface area contributed by atoms with E-state index in [4.69, 9.17) is 5.73 Å². The van der Waals surface area contributed by atoms with Gasteiger partial charge >= 0.3 is 0 Å². The normalized spacial score (nSPS) is 19.2. The van der Waals surface area contributed by atoms with Gasteiger partial charge in [-0.2, -0.15) is 0 Å². The maximum atomic E-state index is 12.1. The van der Waals surface area contributed by atoms with E-state index in [9.17, 15) is 4.79 Å². The monoisotopic (exact) mass is 344 g/mol. The molecular weight excluding hydrogens is 316 g/mol. The maximum Gasteiger partial charge on any atom is 0.224 e. The number of aromatic nitrogens is 3. The Morgan fingerprint density at radius 1 is 1.48 bits per heavy atom. The molecule has 2 heterocycles. The van der Waals surface area contributed by atoms with Gasteiger partial charge in [0.25, 0.3) is 0 Å². The first-order valence-corrected chi connectivity index (χ1v) is 8.02.